The molecule has 0 saturated carbocycles. The van der Waals surface area contributed by atoms with E-state index in [1.807, 2.05) is 12.1 Å². The molecule has 4 rings (SSSR count). The van der Waals surface area contributed by atoms with Crippen molar-refractivity contribution in [1.29, 1.82) is 0 Å². The molecule has 1 atom stereocenters. The van der Waals surface area contributed by atoms with Crippen molar-refractivity contribution in [2.45, 2.75) is 12.5 Å². The van der Waals surface area contributed by atoms with Crippen LogP contribution in [0.4, 0.5) is 5.69 Å². The fourth-order valence-electron chi connectivity index (χ4n) is 3.43. The number of rotatable bonds is 6. The van der Waals surface area contributed by atoms with Crippen LogP contribution in [0.25, 0.3) is 6.08 Å². The normalized spacial score (nSPS) is 19.9. The lowest BCUT2D eigenvalue weighted by Gasteiger charge is -2.21. The molecule has 2 saturated heterocycles. The van der Waals surface area contributed by atoms with Gasteiger partial charge in [0, 0.05) is 5.02 Å². The lowest BCUT2D eigenvalue weighted by molar-refractivity contribution is -0.129. The highest BCUT2D eigenvalue weighted by molar-refractivity contribution is 8.26. The van der Waals surface area contributed by atoms with Crippen molar-refractivity contribution < 1.29 is 19.1 Å². The van der Waals surface area contributed by atoms with E-state index >= 15 is 0 Å². The summed E-state index contributed by atoms with van der Waals surface area (Å²) in [5, 5.41) is 0.491. The smallest absolute Gasteiger partial charge is 0.266 e. The fraction of sp³-hybridized carbons (Fsp3) is 0.130. The molecule has 2 aliphatic heterocycles. The number of halogens is 1. The van der Waals surface area contributed by atoms with Gasteiger partial charge in [0.1, 0.15) is 22.7 Å². The Bertz CT molecular complexity index is 1160. The maximum atomic E-state index is 13.1. The van der Waals surface area contributed by atoms with Gasteiger partial charge >= 0.3 is 0 Å². The Morgan fingerprint density at radius 2 is 1.94 bits per heavy atom. The molecule has 1 unspecified atom stereocenters. The maximum Gasteiger partial charge on any atom is 0.266 e. The molecule has 0 radical (unpaired) electrons. The summed E-state index contributed by atoms with van der Waals surface area (Å²) in [5.41, 5.74) is 1.16. The van der Waals surface area contributed by atoms with Gasteiger partial charge in [0.25, 0.3) is 11.8 Å². The molecule has 6 nitrogen and oxygen atoms in total. The van der Waals surface area contributed by atoms with E-state index in [-0.39, 0.29) is 10.7 Å². The van der Waals surface area contributed by atoms with Gasteiger partial charge in [-0.15, -0.1) is 0 Å². The summed E-state index contributed by atoms with van der Waals surface area (Å²) in [6.45, 7) is 3.99. The number of carbonyl (C=O) groups excluding carboxylic acids is 3. The summed E-state index contributed by atoms with van der Waals surface area (Å²) in [5.74, 6) is -0.645. The molecule has 0 spiro atoms. The van der Waals surface area contributed by atoms with Crippen molar-refractivity contribution in [1.82, 2.24) is 4.90 Å². The maximum absolute atomic E-state index is 13.1. The van der Waals surface area contributed by atoms with E-state index in [1.54, 1.807) is 48.6 Å². The van der Waals surface area contributed by atoms with Crippen LogP contribution in [0.15, 0.2) is 66.1 Å². The van der Waals surface area contributed by atoms with Gasteiger partial charge < -0.3 is 4.74 Å². The largest absolute Gasteiger partial charge is 0.490 e. The van der Waals surface area contributed by atoms with Gasteiger partial charge in [-0.3, -0.25) is 19.3 Å². The lowest BCUT2D eigenvalue weighted by Crippen LogP contribution is -2.44. The van der Waals surface area contributed by atoms with Gasteiger partial charge in [-0.2, -0.15) is 0 Å². The third kappa shape index (κ3) is 4.34. The first-order valence-electron chi connectivity index (χ1n) is 9.62. The van der Waals surface area contributed by atoms with Crippen LogP contribution >= 0.6 is 35.6 Å². The number of hydrogen-bond donors (Lipinski definition) is 0. The number of ether oxygens (including phenoxy) is 1. The highest BCUT2D eigenvalue weighted by Crippen LogP contribution is 2.37. The van der Waals surface area contributed by atoms with Gasteiger partial charge in [0.15, 0.2) is 0 Å². The van der Waals surface area contributed by atoms with Gasteiger partial charge in [-0.25, -0.2) is 4.90 Å². The number of nitrogens with zero attached hydrogens (tertiary/aromatic N) is 2. The number of anilines is 1. The third-order valence-corrected chi connectivity index (χ3v) is 6.45. The van der Waals surface area contributed by atoms with Crippen LogP contribution in [0.5, 0.6) is 5.75 Å². The molecule has 9 heteroatoms. The second-order valence-electron chi connectivity index (χ2n) is 6.99. The highest BCUT2D eigenvalue weighted by atomic mass is 35.5. The summed E-state index contributed by atoms with van der Waals surface area (Å²) in [6.07, 6.45) is 3.20. The first-order chi connectivity index (χ1) is 15.4. The van der Waals surface area contributed by atoms with E-state index < -0.39 is 23.8 Å². The molecule has 2 aliphatic rings. The average molecular weight is 485 g/mol. The first-order valence-corrected chi connectivity index (χ1v) is 11.2. The van der Waals surface area contributed by atoms with Crippen molar-refractivity contribution in [3.05, 3.63) is 76.7 Å². The van der Waals surface area contributed by atoms with Crippen LogP contribution in [-0.4, -0.2) is 39.6 Å². The van der Waals surface area contributed by atoms with Crippen LogP contribution in [0.2, 0.25) is 5.02 Å². The quantitative estimate of drug-likeness (QED) is 0.261. The van der Waals surface area contributed by atoms with E-state index in [2.05, 4.69) is 6.58 Å². The minimum Gasteiger partial charge on any atom is -0.490 e. The SMILES string of the molecule is C=CCOc1cccc(/C=C2\SC(=S)N(C3CC(=O)N(c4ccc(Cl)cc4)C3=O)C2=O)c1. The summed E-state index contributed by atoms with van der Waals surface area (Å²) in [7, 11) is 0. The van der Waals surface area contributed by atoms with Crippen LogP contribution < -0.4 is 9.64 Å². The Kier molecular flexibility index (Phi) is 6.45. The van der Waals surface area contributed by atoms with Crippen molar-refractivity contribution >= 4 is 69.4 Å². The molecular formula is C23H17ClN2O4S2. The minimum absolute atomic E-state index is 0.133. The van der Waals surface area contributed by atoms with Crippen molar-refractivity contribution in [2.24, 2.45) is 0 Å². The van der Waals surface area contributed by atoms with Crippen LogP contribution in [-0.2, 0) is 14.4 Å². The number of amides is 3. The van der Waals surface area contributed by atoms with E-state index in [0.29, 0.717) is 28.0 Å². The second-order valence-corrected chi connectivity index (χ2v) is 9.10. The summed E-state index contributed by atoms with van der Waals surface area (Å²) in [4.78, 5) is 41.4. The number of hydrogen-bond acceptors (Lipinski definition) is 6. The molecule has 0 aliphatic carbocycles. The standard InChI is InChI=1S/C23H17ClN2O4S2/c1-2-10-30-17-5-3-4-14(11-17)12-19-22(29)26(23(31)32-19)18-13-20(27)25(21(18)28)16-8-6-15(24)7-9-16/h2-9,11-12,18H,1,10,13H2/b19-12-. The van der Waals surface area contributed by atoms with E-state index in [9.17, 15) is 14.4 Å². The summed E-state index contributed by atoms with van der Waals surface area (Å²) >= 11 is 12.4. The minimum atomic E-state index is -0.973. The Hall–Kier alpha value is -2.94. The van der Waals surface area contributed by atoms with Crippen LogP contribution in [0.3, 0.4) is 0 Å². The predicted molar refractivity (Wildman–Crippen MR) is 129 cm³/mol. The molecule has 2 heterocycles. The molecule has 0 aromatic heterocycles. The molecule has 0 N–H and O–H groups in total. The second kappa shape index (κ2) is 9.28. The number of imide groups is 1. The fourth-order valence-corrected chi connectivity index (χ4v) is 4.91. The summed E-state index contributed by atoms with van der Waals surface area (Å²) in [6, 6.07) is 12.6. The predicted octanol–water partition coefficient (Wildman–Crippen LogP) is 4.44. The lowest BCUT2D eigenvalue weighted by atomic mass is 10.2. The van der Waals surface area contributed by atoms with E-state index in [4.69, 9.17) is 28.6 Å². The number of thiocarbonyl (C=S) groups is 1. The third-order valence-electron chi connectivity index (χ3n) is 4.87. The number of benzene rings is 2. The molecule has 0 bridgehead atoms. The highest BCUT2D eigenvalue weighted by Gasteiger charge is 2.48. The van der Waals surface area contributed by atoms with Crippen molar-refractivity contribution in [3.8, 4) is 5.75 Å². The molecule has 2 aromatic rings. The molecule has 32 heavy (non-hydrogen) atoms. The molecule has 2 aromatic carbocycles. The molecule has 3 amide bonds. The van der Waals surface area contributed by atoms with Gasteiger partial charge in [0.05, 0.1) is 17.0 Å². The molecule has 162 valence electrons. The Morgan fingerprint density at radius 3 is 2.66 bits per heavy atom. The Labute approximate surface area is 199 Å². The van der Waals surface area contributed by atoms with Crippen molar-refractivity contribution in [2.75, 3.05) is 11.5 Å². The average Bonchev–Trinajstić information content (AvgIpc) is 3.21. The van der Waals surface area contributed by atoms with Gasteiger partial charge in [-0.1, -0.05) is 60.4 Å². The van der Waals surface area contributed by atoms with Crippen LogP contribution in [0.1, 0.15) is 12.0 Å². The van der Waals surface area contributed by atoms with E-state index in [1.165, 1.54) is 4.90 Å². The first kappa shape index (κ1) is 22.3. The zero-order valence-corrected chi connectivity index (χ0v) is 19.1. The van der Waals surface area contributed by atoms with Crippen LogP contribution in [0, 0.1) is 0 Å². The summed E-state index contributed by atoms with van der Waals surface area (Å²) < 4.78 is 5.77. The number of carbonyl (C=O) groups is 3. The van der Waals surface area contributed by atoms with Gasteiger partial charge in [-0.05, 0) is 48.0 Å². The molecular weight excluding hydrogens is 468 g/mol. The van der Waals surface area contributed by atoms with Gasteiger partial charge in [0.2, 0.25) is 5.91 Å². The van der Waals surface area contributed by atoms with E-state index in [0.717, 1.165) is 22.2 Å². The zero-order valence-electron chi connectivity index (χ0n) is 16.7. The zero-order chi connectivity index (χ0) is 22.8. The molecule has 2 fully saturated rings. The monoisotopic (exact) mass is 484 g/mol. The Morgan fingerprint density at radius 1 is 1.19 bits per heavy atom. The van der Waals surface area contributed by atoms with Crippen molar-refractivity contribution in [3.63, 3.8) is 0 Å². The topological polar surface area (TPSA) is 66.9 Å². The Balaban J connectivity index is 1.56. The number of thioether (sulfide) groups is 1.